The van der Waals surface area contributed by atoms with Crippen molar-refractivity contribution in [3.63, 3.8) is 0 Å². The van der Waals surface area contributed by atoms with Crippen molar-refractivity contribution in [2.24, 2.45) is 0 Å². The number of sulfonamides is 1. The Bertz CT molecular complexity index is 1140. The van der Waals surface area contributed by atoms with Gasteiger partial charge in [0.15, 0.2) is 0 Å². The molecule has 1 aromatic carbocycles. The second-order valence-electron chi connectivity index (χ2n) is 6.82. The largest absolute Gasteiger partial charge is 0.480 e. The van der Waals surface area contributed by atoms with Gasteiger partial charge in [0.05, 0.1) is 22.1 Å². The van der Waals surface area contributed by atoms with Crippen LogP contribution in [0.4, 0.5) is 0 Å². The molecule has 0 saturated heterocycles. The number of carboxylic acid groups (broad SMARTS) is 1. The average molecular weight is 446 g/mol. The predicted octanol–water partition coefficient (Wildman–Crippen LogP) is -2.53. The van der Waals surface area contributed by atoms with Gasteiger partial charge in [0.2, 0.25) is 10.0 Å². The van der Waals surface area contributed by atoms with Crippen molar-refractivity contribution in [1.29, 1.82) is 0 Å². The molecular weight excluding hydrogens is 424 g/mol. The Balaban J connectivity index is 1.68. The van der Waals surface area contributed by atoms with Crippen molar-refractivity contribution in [3.05, 3.63) is 77.7 Å². The zero-order valence-corrected chi connectivity index (χ0v) is 17.2. The Morgan fingerprint density at radius 3 is 2.48 bits per heavy atom. The minimum absolute atomic E-state index is 0.0509. The number of nitrogens with one attached hydrogen (secondary N) is 3. The van der Waals surface area contributed by atoms with E-state index in [0.717, 1.165) is 11.6 Å². The molecule has 11 heteroatoms. The van der Waals surface area contributed by atoms with E-state index in [9.17, 15) is 27.9 Å². The second kappa shape index (κ2) is 9.18. The van der Waals surface area contributed by atoms with Crippen LogP contribution < -0.4 is 20.7 Å². The number of allylic oxidation sites excluding steroid dienone is 1. The zero-order valence-electron chi connectivity index (χ0n) is 16.4. The van der Waals surface area contributed by atoms with E-state index in [2.05, 4.69) is 15.8 Å². The highest BCUT2D eigenvalue weighted by Crippen LogP contribution is 2.10. The van der Waals surface area contributed by atoms with Gasteiger partial charge >= 0.3 is 11.9 Å². The van der Waals surface area contributed by atoms with Gasteiger partial charge in [-0.25, -0.2) is 18.1 Å². The fourth-order valence-corrected chi connectivity index (χ4v) is 4.20. The highest BCUT2D eigenvalue weighted by molar-refractivity contribution is 7.89. The van der Waals surface area contributed by atoms with Gasteiger partial charge in [-0.1, -0.05) is 18.2 Å². The molecule has 2 amide bonds. The van der Waals surface area contributed by atoms with Crippen LogP contribution in [0.2, 0.25) is 0 Å². The van der Waals surface area contributed by atoms with Crippen molar-refractivity contribution in [3.8, 4) is 0 Å². The Morgan fingerprint density at radius 1 is 1.13 bits per heavy atom. The fourth-order valence-electron chi connectivity index (χ4n) is 2.99. The smallest absolute Gasteiger partial charge is 0.347 e. The summed E-state index contributed by atoms with van der Waals surface area (Å²) >= 11 is 0. The summed E-state index contributed by atoms with van der Waals surface area (Å²) in [6.07, 6.45) is 7.90. The van der Waals surface area contributed by atoms with Crippen molar-refractivity contribution < 1.29 is 38.5 Å². The Labute approximate surface area is 178 Å². The number of rotatable bonds is 8. The summed E-state index contributed by atoms with van der Waals surface area (Å²) in [6.45, 7) is 0.0139. The lowest BCUT2D eigenvalue weighted by atomic mass is 10.0. The Kier molecular flexibility index (Phi) is 6.61. The maximum absolute atomic E-state index is 12.5. The predicted molar refractivity (Wildman–Crippen MR) is 108 cm³/mol. The highest BCUT2D eigenvalue weighted by atomic mass is 32.2. The molecule has 0 aliphatic carbocycles. The molecule has 162 valence electrons. The summed E-state index contributed by atoms with van der Waals surface area (Å²) in [5, 5.41) is 11.7. The number of benzene rings is 1. The zero-order chi connectivity index (χ0) is 22.6. The van der Waals surface area contributed by atoms with Crippen LogP contribution in [0.25, 0.3) is 0 Å². The van der Waals surface area contributed by atoms with E-state index in [4.69, 9.17) is 0 Å². The second-order valence-corrected chi connectivity index (χ2v) is 8.53. The summed E-state index contributed by atoms with van der Waals surface area (Å²) in [5.41, 5.74) is 5.28. The normalized spacial score (nSPS) is 18.9. The molecule has 31 heavy (non-hydrogen) atoms. The van der Waals surface area contributed by atoms with Crippen molar-refractivity contribution >= 4 is 27.8 Å². The number of carboxylic acids is 1. The number of aliphatic carboxylic acids is 1. The third kappa shape index (κ3) is 5.22. The van der Waals surface area contributed by atoms with Crippen molar-refractivity contribution in [1.82, 2.24) is 10.0 Å². The van der Waals surface area contributed by atoms with Crippen molar-refractivity contribution in [2.75, 3.05) is 13.1 Å². The van der Waals surface area contributed by atoms with Crippen LogP contribution in [-0.4, -0.2) is 50.4 Å². The lowest BCUT2D eigenvalue weighted by Crippen LogP contribution is -3.09. The molecule has 0 fully saturated rings. The number of carbonyl (C=O) groups is 3. The summed E-state index contributed by atoms with van der Waals surface area (Å²) in [6, 6.07) is 5.69. The molecule has 7 N–H and O–H groups in total. The van der Waals surface area contributed by atoms with Gasteiger partial charge < -0.3 is 16.2 Å². The summed E-state index contributed by atoms with van der Waals surface area (Å²) < 4.78 is 26.8. The average Bonchev–Trinajstić information content (AvgIpc) is 2.76. The molecule has 2 atom stereocenters. The maximum Gasteiger partial charge on any atom is 0.347 e. The first-order valence-corrected chi connectivity index (χ1v) is 10.8. The fraction of sp³-hybridized carbons (Fsp3) is 0.150. The van der Waals surface area contributed by atoms with Gasteiger partial charge in [0, 0.05) is 18.7 Å². The van der Waals surface area contributed by atoms with E-state index in [0.29, 0.717) is 17.1 Å². The molecule has 1 aromatic rings. The topological polar surface area (TPSA) is 162 Å². The van der Waals surface area contributed by atoms with E-state index in [-0.39, 0.29) is 16.4 Å². The van der Waals surface area contributed by atoms with Crippen LogP contribution in [0, 0.1) is 0 Å². The van der Waals surface area contributed by atoms with Crippen LogP contribution in [0.3, 0.4) is 0 Å². The molecule has 0 spiro atoms. The van der Waals surface area contributed by atoms with E-state index < -0.39 is 34.5 Å². The standard InChI is InChI=1S/C20H20N4O6S/c21-10-13-6-7-15-8-14(9-18(25)24(15)12-13)19(26)22-11-17(20(27)28)23-31(29,30)16-4-2-1-3-5-16/h1-9,12,17,23H,10-11,21H2,(H,22,26)(H,27,28)/p+2. The van der Waals surface area contributed by atoms with Gasteiger partial charge in [-0.3, -0.25) is 9.59 Å². The van der Waals surface area contributed by atoms with Crippen LogP contribution >= 0.6 is 0 Å². The number of amides is 2. The number of quaternary nitrogens is 2. The minimum Gasteiger partial charge on any atom is -0.480 e. The highest BCUT2D eigenvalue weighted by Gasteiger charge is 2.31. The lowest BCUT2D eigenvalue weighted by molar-refractivity contribution is -0.714. The SMILES string of the molecule is [NH3+]CC1=C[NH+]2C(=O)C=C(C(=O)NCC(NS(=O)(=O)c3ccccc3)C(=O)O)C=C2C=C1. The summed E-state index contributed by atoms with van der Waals surface area (Å²) in [4.78, 5) is 36.7. The Hall–Kier alpha value is -3.38. The molecule has 3 rings (SSSR count). The number of fused-ring (bicyclic) bond motifs is 1. The van der Waals surface area contributed by atoms with Gasteiger partial charge in [0.1, 0.15) is 24.5 Å². The van der Waals surface area contributed by atoms with Gasteiger partial charge in [0.25, 0.3) is 5.91 Å². The van der Waals surface area contributed by atoms with Crippen LogP contribution in [0.5, 0.6) is 0 Å². The number of hydrogen-bond donors (Lipinski definition) is 5. The van der Waals surface area contributed by atoms with Crippen molar-refractivity contribution in [2.45, 2.75) is 10.9 Å². The summed E-state index contributed by atoms with van der Waals surface area (Å²) in [7, 11) is -4.10. The molecule has 2 heterocycles. The molecular formula is C20H22N4O6S+2. The molecule has 2 aliphatic rings. The summed E-state index contributed by atoms with van der Waals surface area (Å²) in [5.74, 6) is -2.49. The molecule has 0 aromatic heterocycles. The lowest BCUT2D eigenvalue weighted by Gasteiger charge is -2.20. The third-order valence-electron chi connectivity index (χ3n) is 4.65. The van der Waals surface area contributed by atoms with E-state index in [1.807, 2.05) is 0 Å². The van der Waals surface area contributed by atoms with E-state index >= 15 is 0 Å². The number of carbonyl (C=O) groups excluding carboxylic acids is 2. The quantitative estimate of drug-likeness (QED) is 0.296. The van der Waals surface area contributed by atoms with Gasteiger partial charge in [-0.15, -0.1) is 0 Å². The monoisotopic (exact) mass is 446 g/mol. The van der Waals surface area contributed by atoms with Crippen LogP contribution in [0.15, 0.2) is 82.6 Å². The first-order chi connectivity index (χ1) is 14.7. The Morgan fingerprint density at radius 2 is 1.84 bits per heavy atom. The minimum atomic E-state index is -4.10. The molecule has 0 radical (unpaired) electrons. The molecule has 0 saturated carbocycles. The first kappa shape index (κ1) is 22.3. The molecule has 0 bridgehead atoms. The number of hydrogen-bond acceptors (Lipinski definition) is 5. The van der Waals surface area contributed by atoms with E-state index in [1.54, 1.807) is 24.4 Å². The van der Waals surface area contributed by atoms with E-state index in [1.165, 1.54) is 30.3 Å². The van der Waals surface area contributed by atoms with Crippen LogP contribution in [0.1, 0.15) is 0 Å². The maximum atomic E-state index is 12.5. The van der Waals surface area contributed by atoms with Gasteiger partial charge in [-0.2, -0.15) is 4.72 Å². The van der Waals surface area contributed by atoms with Gasteiger partial charge in [-0.05, 0) is 18.2 Å². The first-order valence-electron chi connectivity index (χ1n) is 9.32. The molecule has 2 unspecified atom stereocenters. The third-order valence-corrected chi connectivity index (χ3v) is 6.13. The van der Waals surface area contributed by atoms with Crippen LogP contribution in [-0.2, 0) is 24.4 Å². The molecule has 2 aliphatic heterocycles. The molecule has 10 nitrogen and oxygen atoms in total.